The summed E-state index contributed by atoms with van der Waals surface area (Å²) in [7, 11) is 0. The summed E-state index contributed by atoms with van der Waals surface area (Å²) in [6.45, 7) is 6.51. The van der Waals surface area contributed by atoms with Crippen molar-refractivity contribution in [3.05, 3.63) is 0 Å². The third-order valence-corrected chi connectivity index (χ3v) is 3.20. The Bertz CT molecular complexity index is 329. The summed E-state index contributed by atoms with van der Waals surface area (Å²) in [5.41, 5.74) is 0. The fourth-order valence-corrected chi connectivity index (χ4v) is 2.36. The van der Waals surface area contributed by atoms with Crippen LogP contribution >= 0.6 is 0 Å². The maximum atomic E-state index is 12.2. The maximum absolute atomic E-state index is 12.2. The van der Waals surface area contributed by atoms with E-state index in [9.17, 15) is 30.0 Å². The van der Waals surface area contributed by atoms with Gasteiger partial charge in [-0.15, -0.1) is 0 Å². The van der Waals surface area contributed by atoms with Gasteiger partial charge >= 0.3 is 0 Å². The zero-order valence-corrected chi connectivity index (χ0v) is 15.1. The number of hydrogen-bond acceptors (Lipinski definition) is 6. The van der Waals surface area contributed by atoms with Crippen molar-refractivity contribution in [3.8, 4) is 0 Å². The van der Waals surface area contributed by atoms with Crippen LogP contribution in [0, 0.1) is 0 Å². The second-order valence-corrected chi connectivity index (χ2v) is 6.49. The van der Waals surface area contributed by atoms with Gasteiger partial charge in [-0.25, -0.2) is 0 Å². The van der Waals surface area contributed by atoms with Crippen LogP contribution in [0.4, 0.5) is 0 Å². The highest BCUT2D eigenvalue weighted by atomic mass is 16.3. The van der Waals surface area contributed by atoms with Gasteiger partial charge in [-0.2, -0.15) is 0 Å². The van der Waals surface area contributed by atoms with Gasteiger partial charge in [0.15, 0.2) is 0 Å². The molecule has 8 nitrogen and oxygen atoms in total. The molecular weight excluding hydrogens is 316 g/mol. The summed E-state index contributed by atoms with van der Waals surface area (Å²) in [6.07, 6.45) is -3.05. The van der Waals surface area contributed by atoms with E-state index in [0.717, 1.165) is 0 Å². The molecule has 0 saturated heterocycles. The Labute approximate surface area is 143 Å². The van der Waals surface area contributed by atoms with Gasteiger partial charge in [0.05, 0.1) is 24.4 Å². The topological polar surface area (TPSA) is 122 Å². The molecule has 0 aliphatic carbocycles. The first-order valence-electron chi connectivity index (χ1n) is 8.30. The summed E-state index contributed by atoms with van der Waals surface area (Å²) >= 11 is 0. The van der Waals surface area contributed by atoms with Crippen molar-refractivity contribution in [2.45, 2.75) is 65.0 Å². The van der Waals surface area contributed by atoms with Crippen molar-refractivity contribution >= 4 is 11.8 Å². The number of aliphatic hydroxyl groups is 4. The van der Waals surface area contributed by atoms with Crippen molar-refractivity contribution in [2.75, 3.05) is 26.2 Å². The number of aliphatic hydroxyl groups excluding tert-OH is 4. The molecule has 0 aromatic carbocycles. The molecular formula is C16H32N2O6. The minimum atomic E-state index is -0.731. The molecule has 0 spiro atoms. The van der Waals surface area contributed by atoms with Crippen molar-refractivity contribution < 1.29 is 30.0 Å². The molecule has 0 bridgehead atoms. The molecule has 0 saturated carbocycles. The normalized spacial score (nSPS) is 16.2. The highest BCUT2D eigenvalue weighted by Crippen LogP contribution is 2.06. The molecule has 24 heavy (non-hydrogen) atoms. The highest BCUT2D eigenvalue weighted by molar-refractivity contribution is 5.84. The summed E-state index contributed by atoms with van der Waals surface area (Å²) in [5, 5.41) is 37.8. The lowest BCUT2D eigenvalue weighted by Gasteiger charge is -2.27. The molecule has 4 N–H and O–H groups in total. The number of carbonyl (C=O) groups is 2. The lowest BCUT2D eigenvalue weighted by molar-refractivity contribution is -0.139. The van der Waals surface area contributed by atoms with Crippen LogP contribution in [-0.4, -0.2) is 92.6 Å². The van der Waals surface area contributed by atoms with E-state index in [2.05, 4.69) is 0 Å². The van der Waals surface area contributed by atoms with Gasteiger partial charge in [0.2, 0.25) is 11.8 Å². The second kappa shape index (κ2) is 11.4. The van der Waals surface area contributed by atoms with Gasteiger partial charge < -0.3 is 30.2 Å². The number of rotatable bonds is 11. The second-order valence-electron chi connectivity index (χ2n) is 6.49. The summed E-state index contributed by atoms with van der Waals surface area (Å²) in [6, 6.07) is 0. The monoisotopic (exact) mass is 348 g/mol. The lowest BCUT2D eigenvalue weighted by atomic mass is 10.2. The van der Waals surface area contributed by atoms with Crippen LogP contribution in [0.1, 0.15) is 40.5 Å². The zero-order valence-electron chi connectivity index (χ0n) is 15.1. The van der Waals surface area contributed by atoms with Gasteiger partial charge in [0.1, 0.15) is 0 Å². The van der Waals surface area contributed by atoms with Crippen molar-refractivity contribution in [3.63, 3.8) is 0 Å². The number of carbonyl (C=O) groups excluding carboxylic acids is 2. The molecule has 0 aromatic heterocycles. The van der Waals surface area contributed by atoms with E-state index in [4.69, 9.17) is 0 Å². The van der Waals surface area contributed by atoms with Crippen LogP contribution in [0.3, 0.4) is 0 Å². The average molecular weight is 348 g/mol. The highest BCUT2D eigenvalue weighted by Gasteiger charge is 2.22. The molecule has 0 aromatic rings. The first-order chi connectivity index (χ1) is 11.0. The van der Waals surface area contributed by atoms with Crippen LogP contribution in [-0.2, 0) is 9.59 Å². The third-order valence-electron chi connectivity index (χ3n) is 3.20. The third kappa shape index (κ3) is 10.5. The van der Waals surface area contributed by atoms with Crippen molar-refractivity contribution in [1.82, 2.24) is 9.80 Å². The molecule has 0 aliphatic rings. The van der Waals surface area contributed by atoms with Gasteiger partial charge in [-0.05, 0) is 27.7 Å². The average Bonchev–Trinajstić information content (AvgIpc) is 2.40. The molecule has 0 rings (SSSR count). The van der Waals surface area contributed by atoms with Crippen LogP contribution in [0.25, 0.3) is 0 Å². The number of amides is 2. The van der Waals surface area contributed by atoms with Gasteiger partial charge in [0.25, 0.3) is 0 Å². The molecule has 142 valence electrons. The van der Waals surface area contributed by atoms with Crippen LogP contribution in [0.5, 0.6) is 0 Å². The van der Waals surface area contributed by atoms with Crippen molar-refractivity contribution in [2.24, 2.45) is 0 Å². The minimum absolute atomic E-state index is 0.0611. The smallest absolute Gasteiger partial charge is 0.223 e. The summed E-state index contributed by atoms with van der Waals surface area (Å²) in [5.74, 6) is -0.668. The fourth-order valence-electron chi connectivity index (χ4n) is 2.36. The fraction of sp³-hybridized carbons (Fsp3) is 0.875. The Kier molecular flexibility index (Phi) is 10.8. The summed E-state index contributed by atoms with van der Waals surface area (Å²) < 4.78 is 0. The van der Waals surface area contributed by atoms with E-state index in [0.29, 0.717) is 0 Å². The van der Waals surface area contributed by atoms with E-state index in [1.54, 1.807) is 27.7 Å². The largest absolute Gasteiger partial charge is 0.392 e. The van der Waals surface area contributed by atoms with Crippen LogP contribution in [0.2, 0.25) is 0 Å². The van der Waals surface area contributed by atoms with Crippen LogP contribution in [0.15, 0.2) is 0 Å². The first-order valence-corrected chi connectivity index (χ1v) is 8.30. The number of nitrogens with zero attached hydrogens (tertiary/aromatic N) is 2. The predicted molar refractivity (Wildman–Crippen MR) is 89.1 cm³/mol. The van der Waals surface area contributed by atoms with E-state index < -0.39 is 24.4 Å². The van der Waals surface area contributed by atoms with E-state index in [1.165, 1.54) is 9.80 Å². The Morgan fingerprint density at radius 1 is 0.625 bits per heavy atom. The molecule has 2 amide bonds. The lowest BCUT2D eigenvalue weighted by Crippen LogP contribution is -2.43. The Morgan fingerprint density at radius 2 is 0.833 bits per heavy atom. The Morgan fingerprint density at radius 3 is 1.00 bits per heavy atom. The van der Waals surface area contributed by atoms with E-state index in [-0.39, 0.29) is 50.8 Å². The molecule has 8 heteroatoms. The summed E-state index contributed by atoms with van der Waals surface area (Å²) in [4.78, 5) is 27.1. The molecule has 0 aliphatic heterocycles. The Balaban J connectivity index is 4.67. The molecule has 4 atom stereocenters. The van der Waals surface area contributed by atoms with Gasteiger partial charge in [-0.3, -0.25) is 9.59 Å². The molecule has 0 radical (unpaired) electrons. The van der Waals surface area contributed by atoms with Gasteiger partial charge in [0, 0.05) is 39.0 Å². The minimum Gasteiger partial charge on any atom is -0.392 e. The molecule has 4 unspecified atom stereocenters. The van der Waals surface area contributed by atoms with E-state index >= 15 is 0 Å². The van der Waals surface area contributed by atoms with E-state index in [1.807, 2.05) is 0 Å². The number of hydrogen-bond donors (Lipinski definition) is 4. The molecule has 0 fully saturated rings. The molecule has 0 heterocycles. The van der Waals surface area contributed by atoms with Gasteiger partial charge in [-0.1, -0.05) is 0 Å². The quantitative estimate of drug-likeness (QED) is 0.378. The predicted octanol–water partition coefficient (Wildman–Crippen LogP) is -1.05. The Hall–Kier alpha value is -1.22. The van der Waals surface area contributed by atoms with Crippen molar-refractivity contribution in [1.29, 1.82) is 0 Å². The SMILES string of the molecule is CC(O)CN(CC(C)O)C(=O)CCC(=O)N(CC(C)O)CC(C)O. The van der Waals surface area contributed by atoms with Crippen LogP contribution < -0.4 is 0 Å². The maximum Gasteiger partial charge on any atom is 0.223 e. The standard InChI is InChI=1S/C16H32N2O6/c1-11(19)7-17(8-12(2)20)15(23)5-6-16(24)18(9-13(3)21)10-14(4)22/h11-14,19-22H,5-10H2,1-4H3. The first kappa shape index (κ1) is 22.8. The zero-order chi connectivity index (χ0) is 18.9.